The number of methoxy groups -OCH3 is 1. The summed E-state index contributed by atoms with van der Waals surface area (Å²) >= 11 is 0. The average molecular weight is 290 g/mol. The van der Waals surface area contributed by atoms with E-state index in [2.05, 4.69) is 15.1 Å². The van der Waals surface area contributed by atoms with E-state index in [0.717, 1.165) is 5.56 Å². The summed E-state index contributed by atoms with van der Waals surface area (Å²) in [6, 6.07) is 3.57. The topological polar surface area (TPSA) is 73.1 Å². The minimum absolute atomic E-state index is 0.192. The van der Waals surface area contributed by atoms with Crippen molar-refractivity contribution in [2.24, 2.45) is 5.41 Å². The molecule has 2 heterocycles. The molecule has 2 unspecified atom stereocenters. The number of aromatic nitrogens is 4. The highest BCUT2D eigenvalue weighted by Crippen LogP contribution is 2.30. The van der Waals surface area contributed by atoms with Crippen LogP contribution in [-0.4, -0.2) is 38.1 Å². The smallest absolute Gasteiger partial charge is 0.212 e. The first kappa shape index (κ1) is 15.4. The molecule has 0 saturated heterocycles. The molecule has 0 spiro atoms. The van der Waals surface area contributed by atoms with Crippen LogP contribution >= 0.6 is 0 Å². The van der Waals surface area contributed by atoms with Gasteiger partial charge in [-0.05, 0) is 17.4 Å². The molecular formula is C15H22N4O2. The van der Waals surface area contributed by atoms with Crippen molar-refractivity contribution in [1.29, 1.82) is 0 Å². The van der Waals surface area contributed by atoms with Crippen LogP contribution in [0.15, 0.2) is 31.0 Å². The zero-order valence-corrected chi connectivity index (χ0v) is 12.9. The highest BCUT2D eigenvalue weighted by molar-refractivity contribution is 5.18. The maximum atomic E-state index is 10.6. The fourth-order valence-electron chi connectivity index (χ4n) is 2.21. The van der Waals surface area contributed by atoms with E-state index in [-0.39, 0.29) is 11.5 Å². The SMILES string of the molecule is COc1ccc(CC(C(O)C(C)(C)C)n2cncn2)cn1. The summed E-state index contributed by atoms with van der Waals surface area (Å²) in [6.07, 6.45) is 4.95. The summed E-state index contributed by atoms with van der Waals surface area (Å²) in [5, 5.41) is 14.8. The number of aliphatic hydroxyl groups is 1. The molecule has 0 aliphatic carbocycles. The molecule has 0 aliphatic heterocycles. The Labute approximate surface area is 124 Å². The van der Waals surface area contributed by atoms with Crippen LogP contribution in [0.2, 0.25) is 0 Å². The quantitative estimate of drug-likeness (QED) is 0.910. The second kappa shape index (κ2) is 6.22. The molecule has 2 rings (SSSR count). The van der Waals surface area contributed by atoms with Crippen LogP contribution in [0.3, 0.4) is 0 Å². The third kappa shape index (κ3) is 3.78. The van der Waals surface area contributed by atoms with E-state index in [1.807, 2.05) is 32.9 Å². The van der Waals surface area contributed by atoms with Gasteiger partial charge in [-0.25, -0.2) is 14.6 Å². The van der Waals surface area contributed by atoms with Crippen molar-refractivity contribution in [1.82, 2.24) is 19.7 Å². The predicted octanol–water partition coefficient (Wildman–Crippen LogP) is 1.87. The molecule has 2 atom stereocenters. The minimum Gasteiger partial charge on any atom is -0.481 e. The van der Waals surface area contributed by atoms with Gasteiger partial charge in [-0.2, -0.15) is 5.10 Å². The summed E-state index contributed by atoms with van der Waals surface area (Å²) in [7, 11) is 1.59. The van der Waals surface area contributed by atoms with E-state index >= 15 is 0 Å². The summed E-state index contributed by atoms with van der Waals surface area (Å²) in [4.78, 5) is 8.19. The van der Waals surface area contributed by atoms with Crippen LogP contribution in [0.1, 0.15) is 32.4 Å². The second-order valence-electron chi connectivity index (χ2n) is 6.17. The summed E-state index contributed by atoms with van der Waals surface area (Å²) in [5.41, 5.74) is 0.760. The maximum Gasteiger partial charge on any atom is 0.212 e. The van der Waals surface area contributed by atoms with E-state index in [4.69, 9.17) is 4.74 Å². The van der Waals surface area contributed by atoms with Gasteiger partial charge in [-0.1, -0.05) is 26.8 Å². The van der Waals surface area contributed by atoms with Gasteiger partial charge >= 0.3 is 0 Å². The molecule has 0 fully saturated rings. The van der Waals surface area contributed by atoms with Gasteiger partial charge in [0.15, 0.2) is 0 Å². The molecule has 6 heteroatoms. The first-order valence-electron chi connectivity index (χ1n) is 6.93. The van der Waals surface area contributed by atoms with Crippen molar-refractivity contribution in [2.45, 2.75) is 39.3 Å². The van der Waals surface area contributed by atoms with Crippen LogP contribution < -0.4 is 4.74 Å². The van der Waals surface area contributed by atoms with E-state index in [1.165, 1.54) is 6.33 Å². The van der Waals surface area contributed by atoms with Crippen molar-refractivity contribution in [3.63, 3.8) is 0 Å². The molecule has 0 amide bonds. The lowest BCUT2D eigenvalue weighted by atomic mass is 9.83. The third-order valence-electron chi connectivity index (χ3n) is 3.48. The lowest BCUT2D eigenvalue weighted by molar-refractivity contribution is 0.0124. The minimum atomic E-state index is -0.554. The summed E-state index contributed by atoms with van der Waals surface area (Å²) < 4.78 is 6.77. The van der Waals surface area contributed by atoms with Gasteiger partial charge in [0.05, 0.1) is 19.3 Å². The Bertz CT molecular complexity index is 546. The van der Waals surface area contributed by atoms with Crippen LogP contribution in [0.5, 0.6) is 5.88 Å². The fourth-order valence-corrected chi connectivity index (χ4v) is 2.21. The number of hydrogen-bond acceptors (Lipinski definition) is 5. The third-order valence-corrected chi connectivity index (χ3v) is 3.48. The Morgan fingerprint density at radius 2 is 2.10 bits per heavy atom. The fraction of sp³-hybridized carbons (Fsp3) is 0.533. The number of nitrogens with zero attached hydrogens (tertiary/aromatic N) is 4. The van der Waals surface area contributed by atoms with Crippen LogP contribution in [0.4, 0.5) is 0 Å². The Hall–Kier alpha value is -1.95. The molecule has 0 aromatic carbocycles. The van der Waals surface area contributed by atoms with Gasteiger partial charge in [0, 0.05) is 12.3 Å². The Morgan fingerprint density at radius 1 is 1.33 bits per heavy atom. The first-order chi connectivity index (χ1) is 9.91. The van der Waals surface area contributed by atoms with Crippen molar-refractivity contribution in [3.05, 3.63) is 36.5 Å². The van der Waals surface area contributed by atoms with Crippen molar-refractivity contribution in [2.75, 3.05) is 7.11 Å². The zero-order chi connectivity index (χ0) is 15.5. The molecule has 0 radical (unpaired) electrons. The lowest BCUT2D eigenvalue weighted by Gasteiger charge is -2.33. The number of pyridine rings is 1. The van der Waals surface area contributed by atoms with Crippen molar-refractivity contribution < 1.29 is 9.84 Å². The Morgan fingerprint density at radius 3 is 2.57 bits per heavy atom. The van der Waals surface area contributed by atoms with E-state index in [0.29, 0.717) is 12.3 Å². The largest absolute Gasteiger partial charge is 0.481 e. The lowest BCUT2D eigenvalue weighted by Crippen LogP contribution is -2.37. The van der Waals surface area contributed by atoms with E-state index < -0.39 is 6.10 Å². The molecular weight excluding hydrogens is 268 g/mol. The van der Waals surface area contributed by atoms with Gasteiger partial charge in [-0.3, -0.25) is 0 Å². The molecule has 2 aromatic rings. The maximum absolute atomic E-state index is 10.6. The first-order valence-corrected chi connectivity index (χ1v) is 6.93. The Kier molecular flexibility index (Phi) is 4.57. The number of ether oxygens (including phenoxy) is 1. The molecule has 1 N–H and O–H groups in total. The van der Waals surface area contributed by atoms with Gasteiger partial charge in [-0.15, -0.1) is 0 Å². The van der Waals surface area contributed by atoms with E-state index in [9.17, 15) is 5.11 Å². The van der Waals surface area contributed by atoms with Gasteiger partial charge in [0.2, 0.25) is 5.88 Å². The summed E-state index contributed by atoms with van der Waals surface area (Å²) in [5.74, 6) is 0.576. The molecule has 21 heavy (non-hydrogen) atoms. The van der Waals surface area contributed by atoms with Crippen molar-refractivity contribution >= 4 is 0 Å². The number of rotatable bonds is 5. The second-order valence-corrected chi connectivity index (χ2v) is 6.17. The molecule has 0 bridgehead atoms. The van der Waals surface area contributed by atoms with Gasteiger partial charge in [0.1, 0.15) is 12.7 Å². The number of hydrogen-bond donors (Lipinski definition) is 1. The van der Waals surface area contributed by atoms with Crippen LogP contribution in [0.25, 0.3) is 0 Å². The van der Waals surface area contributed by atoms with Crippen LogP contribution in [-0.2, 0) is 6.42 Å². The molecule has 2 aromatic heterocycles. The van der Waals surface area contributed by atoms with E-state index in [1.54, 1.807) is 24.3 Å². The zero-order valence-electron chi connectivity index (χ0n) is 12.9. The molecule has 0 saturated carbocycles. The number of aliphatic hydroxyl groups excluding tert-OH is 1. The standard InChI is InChI=1S/C15H22N4O2/c1-15(2,3)14(20)12(19-10-16-9-18-19)7-11-5-6-13(21-4)17-8-11/h5-6,8-10,12,14,20H,7H2,1-4H3. The normalized spacial score (nSPS) is 14.7. The monoisotopic (exact) mass is 290 g/mol. The molecule has 0 aliphatic rings. The van der Waals surface area contributed by atoms with Gasteiger partial charge < -0.3 is 9.84 Å². The predicted molar refractivity (Wildman–Crippen MR) is 79.0 cm³/mol. The average Bonchev–Trinajstić information content (AvgIpc) is 2.97. The summed E-state index contributed by atoms with van der Waals surface area (Å²) in [6.45, 7) is 6.02. The highest BCUT2D eigenvalue weighted by atomic mass is 16.5. The van der Waals surface area contributed by atoms with Crippen molar-refractivity contribution in [3.8, 4) is 5.88 Å². The Balaban J connectivity index is 2.23. The molecule has 114 valence electrons. The highest BCUT2D eigenvalue weighted by Gasteiger charge is 2.32. The van der Waals surface area contributed by atoms with Gasteiger partial charge in [0.25, 0.3) is 0 Å². The molecule has 6 nitrogen and oxygen atoms in total. The van der Waals surface area contributed by atoms with Crippen LogP contribution in [0, 0.1) is 5.41 Å².